The van der Waals surface area contributed by atoms with Gasteiger partial charge in [0.2, 0.25) is 0 Å². The quantitative estimate of drug-likeness (QED) is 0.422. The Morgan fingerprint density at radius 3 is 2.20 bits per heavy atom. The average molecular weight is 553 g/mol. The fourth-order valence-electron chi connectivity index (χ4n) is 4.39. The van der Waals surface area contributed by atoms with Crippen LogP contribution in [0, 0.1) is 0 Å². The van der Waals surface area contributed by atoms with E-state index in [2.05, 4.69) is 5.32 Å². The summed E-state index contributed by atoms with van der Waals surface area (Å²) in [7, 11) is 1.49. The summed E-state index contributed by atoms with van der Waals surface area (Å²) in [4.78, 5) is 50.9. The normalized spacial score (nSPS) is 17.6. The summed E-state index contributed by atoms with van der Waals surface area (Å²) in [6, 6.07) is 18.0. The second-order valence-corrected chi connectivity index (χ2v) is 9.02. The Balaban J connectivity index is 1.67. The molecular weight excluding hydrogens is 526 g/mol. The largest absolute Gasteiger partial charge is 0.497 e. The third kappa shape index (κ3) is 6.09. The van der Waals surface area contributed by atoms with E-state index in [9.17, 15) is 19.2 Å². The van der Waals surface area contributed by atoms with Crippen LogP contribution in [-0.4, -0.2) is 43.0 Å². The molecule has 1 N–H and O–H groups in total. The first-order valence-corrected chi connectivity index (χ1v) is 12.2. The van der Waals surface area contributed by atoms with E-state index in [-0.39, 0.29) is 16.8 Å². The number of esters is 2. The predicted molar refractivity (Wildman–Crippen MR) is 140 cm³/mol. The van der Waals surface area contributed by atoms with E-state index in [0.717, 1.165) is 18.7 Å². The Hall–Kier alpha value is -4.80. The number of hydrogen-bond donors (Lipinski definition) is 1. The zero-order valence-corrected chi connectivity index (χ0v) is 21.9. The highest BCUT2D eigenvalue weighted by Crippen LogP contribution is 2.47. The van der Waals surface area contributed by atoms with Crippen molar-refractivity contribution in [2.75, 3.05) is 17.3 Å². The minimum Gasteiger partial charge on any atom is -0.497 e. The van der Waals surface area contributed by atoms with Gasteiger partial charge in [-0.15, -0.1) is 0 Å². The minimum atomic E-state index is -3.68. The molecule has 0 saturated carbocycles. The van der Waals surface area contributed by atoms with Gasteiger partial charge in [0.15, 0.2) is 12.3 Å². The number of benzene rings is 3. The molecule has 0 aliphatic carbocycles. The van der Waals surface area contributed by atoms with Crippen LogP contribution >= 0.6 is 0 Å². The van der Waals surface area contributed by atoms with Crippen LogP contribution in [0.15, 0.2) is 72.8 Å². The number of amides is 2. The van der Waals surface area contributed by atoms with Crippen LogP contribution in [0.1, 0.15) is 52.7 Å². The summed E-state index contributed by atoms with van der Waals surface area (Å²) in [5, 5.41) is 2.71. The van der Waals surface area contributed by atoms with Crippen LogP contribution in [-0.2, 0) is 19.1 Å². The third-order valence-electron chi connectivity index (χ3n) is 6.12. The van der Waals surface area contributed by atoms with Gasteiger partial charge in [0.05, 0.1) is 19.2 Å². The number of fused-ring (bicyclic) bond motifs is 1. The van der Waals surface area contributed by atoms with Crippen molar-refractivity contribution in [3.63, 3.8) is 0 Å². The van der Waals surface area contributed by atoms with Crippen molar-refractivity contribution in [3.8, 4) is 5.75 Å². The Morgan fingerprint density at radius 2 is 1.55 bits per heavy atom. The fraction of sp³-hybridized carbons (Fsp3) is 0.241. The van der Waals surface area contributed by atoms with Gasteiger partial charge in [-0.1, -0.05) is 24.3 Å². The van der Waals surface area contributed by atoms with E-state index in [1.807, 2.05) is 0 Å². The van der Waals surface area contributed by atoms with Crippen molar-refractivity contribution in [2.24, 2.45) is 0 Å². The van der Waals surface area contributed by atoms with Gasteiger partial charge in [-0.3, -0.25) is 24.1 Å². The molecule has 0 fully saturated rings. The van der Waals surface area contributed by atoms with Crippen molar-refractivity contribution >= 4 is 35.1 Å². The van der Waals surface area contributed by atoms with E-state index in [1.54, 1.807) is 24.3 Å². The number of carbonyl (C=O) groups excluding carboxylic acids is 4. The molecule has 2 atom stereocenters. The number of anilines is 2. The number of nitrogens with zero attached hydrogens (tertiary/aromatic N) is 1. The molecule has 40 heavy (non-hydrogen) atoms. The van der Waals surface area contributed by atoms with Gasteiger partial charge in [0, 0.05) is 36.2 Å². The predicted octanol–water partition coefficient (Wildman–Crippen LogP) is 5.13. The molecule has 3 aromatic carbocycles. The fourth-order valence-corrected chi connectivity index (χ4v) is 4.39. The van der Waals surface area contributed by atoms with Crippen molar-refractivity contribution < 1.29 is 42.2 Å². The molecule has 1 aliphatic heterocycles. The van der Waals surface area contributed by atoms with Crippen LogP contribution in [0.25, 0.3) is 0 Å². The van der Waals surface area contributed by atoms with Crippen LogP contribution in [0.4, 0.5) is 20.2 Å². The van der Waals surface area contributed by atoms with Crippen molar-refractivity contribution in [1.82, 2.24) is 0 Å². The molecule has 1 heterocycles. The molecule has 1 aliphatic rings. The first kappa shape index (κ1) is 28.2. The van der Waals surface area contributed by atoms with Crippen LogP contribution in [0.2, 0.25) is 0 Å². The lowest BCUT2D eigenvalue weighted by atomic mass is 10.0. The molecule has 3 aromatic rings. The number of methoxy groups -OCH3 is 1. The molecule has 0 bridgehead atoms. The second-order valence-electron chi connectivity index (χ2n) is 9.02. The Kier molecular flexibility index (Phi) is 8.13. The zero-order chi connectivity index (χ0) is 29.0. The summed E-state index contributed by atoms with van der Waals surface area (Å²) in [5.74, 6) is -6.13. The molecule has 2 amide bonds. The summed E-state index contributed by atoms with van der Waals surface area (Å²) in [6.45, 7) is 2.05. The minimum absolute atomic E-state index is 0.00224. The van der Waals surface area contributed by atoms with Crippen molar-refractivity contribution in [1.29, 1.82) is 0 Å². The number of alkyl halides is 2. The number of halogens is 2. The standard InChI is InChI=1S/C29H26F2N2O7/c1-17(34)39-25-16-29(30,31)26(40-18(2)35)23-9-4-5-10-24(23)33(25)28(37)19-11-13-21(14-12-19)32-27(36)20-7-6-8-22(15-20)38-3/h4-15,25-26H,16H2,1-3H3,(H,32,36). The molecule has 4 rings (SSSR count). The van der Waals surface area contributed by atoms with Crippen molar-refractivity contribution in [3.05, 3.63) is 89.5 Å². The lowest BCUT2D eigenvalue weighted by Crippen LogP contribution is -2.45. The first-order valence-electron chi connectivity index (χ1n) is 12.2. The molecule has 2 unspecified atom stereocenters. The van der Waals surface area contributed by atoms with Crippen molar-refractivity contribution in [2.45, 2.75) is 38.5 Å². The molecule has 11 heteroatoms. The van der Waals surface area contributed by atoms with E-state index in [4.69, 9.17) is 14.2 Å². The number of hydrogen-bond acceptors (Lipinski definition) is 7. The molecular formula is C29H26F2N2O7. The van der Waals surface area contributed by atoms with Crippen LogP contribution < -0.4 is 15.0 Å². The molecule has 0 radical (unpaired) electrons. The Labute approximate surface area is 228 Å². The number of ether oxygens (including phenoxy) is 3. The van der Waals surface area contributed by atoms with E-state index < -0.39 is 48.4 Å². The van der Waals surface area contributed by atoms with E-state index >= 15 is 8.78 Å². The van der Waals surface area contributed by atoms with Crippen LogP contribution in [0.5, 0.6) is 5.75 Å². The maximum atomic E-state index is 15.4. The number of carbonyl (C=O) groups is 4. The van der Waals surface area contributed by atoms with Crippen LogP contribution in [0.3, 0.4) is 0 Å². The maximum absolute atomic E-state index is 15.4. The van der Waals surface area contributed by atoms with Gasteiger partial charge in [-0.05, 0) is 48.5 Å². The van der Waals surface area contributed by atoms with Gasteiger partial charge in [0.25, 0.3) is 17.7 Å². The molecule has 0 saturated heterocycles. The molecule has 9 nitrogen and oxygen atoms in total. The zero-order valence-electron chi connectivity index (χ0n) is 21.9. The number of rotatable bonds is 6. The Morgan fingerprint density at radius 1 is 0.875 bits per heavy atom. The third-order valence-corrected chi connectivity index (χ3v) is 6.12. The van der Waals surface area contributed by atoms with Gasteiger partial charge in [-0.2, -0.15) is 0 Å². The first-order chi connectivity index (χ1) is 19.0. The summed E-state index contributed by atoms with van der Waals surface area (Å²) >= 11 is 0. The van der Waals surface area contributed by atoms with Gasteiger partial charge < -0.3 is 19.5 Å². The Bertz CT molecular complexity index is 1440. The number of para-hydroxylation sites is 1. The highest BCUT2D eigenvalue weighted by Gasteiger charge is 2.52. The average Bonchev–Trinajstić information content (AvgIpc) is 3.00. The highest BCUT2D eigenvalue weighted by atomic mass is 19.3. The van der Waals surface area contributed by atoms with Gasteiger partial charge in [-0.25, -0.2) is 8.78 Å². The topological polar surface area (TPSA) is 111 Å². The molecule has 0 aromatic heterocycles. The highest BCUT2D eigenvalue weighted by molar-refractivity contribution is 6.08. The molecule has 208 valence electrons. The number of nitrogens with one attached hydrogen (secondary N) is 1. The van der Waals surface area contributed by atoms with Gasteiger partial charge >= 0.3 is 11.9 Å². The SMILES string of the molecule is COc1cccc(C(=O)Nc2ccc(C(=O)N3c4ccccc4C(OC(C)=O)C(F)(F)CC3OC(C)=O)cc2)c1. The van der Waals surface area contributed by atoms with E-state index in [1.165, 1.54) is 55.6 Å². The maximum Gasteiger partial charge on any atom is 0.304 e. The summed E-state index contributed by atoms with van der Waals surface area (Å²) < 4.78 is 46.1. The lowest BCUT2D eigenvalue weighted by Gasteiger charge is -2.31. The van der Waals surface area contributed by atoms with Gasteiger partial charge in [0.1, 0.15) is 5.75 Å². The molecule has 0 spiro atoms. The lowest BCUT2D eigenvalue weighted by molar-refractivity contribution is -0.181. The summed E-state index contributed by atoms with van der Waals surface area (Å²) in [6.07, 6.45) is -4.82. The monoisotopic (exact) mass is 552 g/mol. The smallest absolute Gasteiger partial charge is 0.304 e. The summed E-state index contributed by atoms with van der Waals surface area (Å²) in [5.41, 5.74) is 0.679. The van der Waals surface area contributed by atoms with E-state index in [0.29, 0.717) is 17.0 Å². The second kappa shape index (κ2) is 11.5.